The zero-order chi connectivity index (χ0) is 24.1. The number of nitrogens with one attached hydrogen (secondary N) is 2. The molecule has 7 nitrogen and oxygen atoms in total. The standard InChI is InChI=1S/C25H27FN4O3S/c1-17(18-4-10-21(26)11-5-18)28-25(31)20-6-12-22(13-7-20)30-34(32,33)23-14-8-19(9-15-23)24-3-2-16-27-29-24/h2-5,8-11,14-17,20,22,30H,6-7,12-13H2,1H3,(H,28,31)/t17-,20?,22?/m1/s1. The van der Waals surface area contributed by atoms with Crippen LogP contribution in [0.2, 0.25) is 0 Å². The number of rotatable bonds is 7. The second kappa shape index (κ2) is 10.4. The third kappa shape index (κ3) is 5.84. The summed E-state index contributed by atoms with van der Waals surface area (Å²) >= 11 is 0. The van der Waals surface area contributed by atoms with E-state index in [-0.39, 0.29) is 34.6 Å². The van der Waals surface area contributed by atoms with Gasteiger partial charge in [0.25, 0.3) is 0 Å². The van der Waals surface area contributed by atoms with Crippen LogP contribution in [0.4, 0.5) is 4.39 Å². The average molecular weight is 483 g/mol. The Bertz CT molecular complexity index is 1210. The van der Waals surface area contributed by atoms with E-state index in [0.717, 1.165) is 11.1 Å². The van der Waals surface area contributed by atoms with E-state index in [2.05, 4.69) is 20.2 Å². The lowest BCUT2D eigenvalue weighted by molar-refractivity contribution is -0.126. The Hall–Kier alpha value is -3.17. The number of nitrogens with zero attached hydrogens (tertiary/aromatic N) is 2. The van der Waals surface area contributed by atoms with E-state index in [0.29, 0.717) is 31.4 Å². The maximum Gasteiger partial charge on any atom is 0.240 e. The van der Waals surface area contributed by atoms with E-state index in [1.165, 1.54) is 12.1 Å². The molecular weight excluding hydrogens is 455 g/mol. The Morgan fingerprint density at radius 2 is 1.68 bits per heavy atom. The molecule has 1 heterocycles. The molecule has 0 aliphatic heterocycles. The zero-order valence-corrected chi connectivity index (χ0v) is 19.6. The van der Waals surface area contributed by atoms with Crippen LogP contribution in [0.1, 0.15) is 44.2 Å². The molecule has 0 unspecified atom stereocenters. The second-order valence-corrected chi connectivity index (χ2v) is 10.3. The van der Waals surface area contributed by atoms with Gasteiger partial charge in [-0.05, 0) is 74.6 Å². The van der Waals surface area contributed by atoms with Gasteiger partial charge in [-0.25, -0.2) is 17.5 Å². The molecule has 4 rings (SSSR count). The van der Waals surface area contributed by atoms with Crippen molar-refractivity contribution in [1.29, 1.82) is 0 Å². The highest BCUT2D eigenvalue weighted by Crippen LogP contribution is 2.27. The second-order valence-electron chi connectivity index (χ2n) is 8.58. The van der Waals surface area contributed by atoms with Gasteiger partial charge in [0, 0.05) is 23.7 Å². The lowest BCUT2D eigenvalue weighted by Crippen LogP contribution is -2.41. The van der Waals surface area contributed by atoms with Gasteiger partial charge in [-0.1, -0.05) is 24.3 Å². The summed E-state index contributed by atoms with van der Waals surface area (Å²) < 4.78 is 41.6. The summed E-state index contributed by atoms with van der Waals surface area (Å²) in [5.74, 6) is -0.544. The molecule has 1 fully saturated rings. The molecule has 0 bridgehead atoms. The highest BCUT2D eigenvalue weighted by atomic mass is 32.2. The van der Waals surface area contributed by atoms with Gasteiger partial charge in [0.2, 0.25) is 15.9 Å². The molecule has 1 aliphatic rings. The Labute approximate surface area is 198 Å². The molecule has 1 amide bonds. The summed E-state index contributed by atoms with van der Waals surface area (Å²) in [5, 5.41) is 10.9. The van der Waals surface area contributed by atoms with Crippen molar-refractivity contribution in [3.63, 3.8) is 0 Å². The van der Waals surface area contributed by atoms with E-state index in [9.17, 15) is 17.6 Å². The fourth-order valence-electron chi connectivity index (χ4n) is 4.19. The minimum absolute atomic E-state index is 0.0577. The summed E-state index contributed by atoms with van der Waals surface area (Å²) in [5.41, 5.74) is 2.29. The number of carbonyl (C=O) groups is 1. The largest absolute Gasteiger partial charge is 0.349 e. The van der Waals surface area contributed by atoms with E-state index in [1.807, 2.05) is 13.0 Å². The molecule has 178 valence electrons. The normalized spacial score (nSPS) is 19.4. The van der Waals surface area contributed by atoms with Crippen molar-refractivity contribution in [3.8, 4) is 11.3 Å². The molecule has 1 atom stereocenters. The SMILES string of the molecule is C[C@@H](NC(=O)C1CCC(NS(=O)(=O)c2ccc(-c3cccnn3)cc2)CC1)c1ccc(F)cc1. The highest BCUT2D eigenvalue weighted by Gasteiger charge is 2.29. The Morgan fingerprint density at radius 3 is 2.29 bits per heavy atom. The van der Waals surface area contributed by atoms with Crippen molar-refractivity contribution >= 4 is 15.9 Å². The van der Waals surface area contributed by atoms with Gasteiger partial charge in [-0.3, -0.25) is 4.79 Å². The summed E-state index contributed by atoms with van der Waals surface area (Å²) in [6, 6.07) is 15.7. The molecule has 34 heavy (non-hydrogen) atoms. The Balaban J connectivity index is 1.30. The molecule has 2 N–H and O–H groups in total. The van der Waals surface area contributed by atoms with E-state index < -0.39 is 10.0 Å². The number of amides is 1. The van der Waals surface area contributed by atoms with Gasteiger partial charge in [0.05, 0.1) is 16.6 Å². The molecule has 9 heteroatoms. The number of carbonyl (C=O) groups excluding carboxylic acids is 1. The van der Waals surface area contributed by atoms with E-state index >= 15 is 0 Å². The average Bonchev–Trinajstić information content (AvgIpc) is 2.85. The van der Waals surface area contributed by atoms with E-state index in [1.54, 1.807) is 48.7 Å². The molecule has 2 aromatic carbocycles. The first kappa shape index (κ1) is 24.0. The fraction of sp³-hybridized carbons (Fsp3) is 0.320. The minimum atomic E-state index is -3.67. The summed E-state index contributed by atoms with van der Waals surface area (Å²) in [4.78, 5) is 12.9. The number of sulfonamides is 1. The predicted molar refractivity (Wildman–Crippen MR) is 126 cm³/mol. The first-order chi connectivity index (χ1) is 16.3. The first-order valence-corrected chi connectivity index (χ1v) is 12.8. The molecule has 0 radical (unpaired) electrons. The molecule has 0 saturated heterocycles. The third-order valence-electron chi connectivity index (χ3n) is 6.18. The van der Waals surface area contributed by atoms with Gasteiger partial charge in [-0.15, -0.1) is 0 Å². The summed E-state index contributed by atoms with van der Waals surface area (Å²) in [7, 11) is -3.67. The van der Waals surface area contributed by atoms with Crippen molar-refractivity contribution in [1.82, 2.24) is 20.2 Å². The van der Waals surface area contributed by atoms with Crippen molar-refractivity contribution in [2.24, 2.45) is 5.92 Å². The van der Waals surface area contributed by atoms with Crippen molar-refractivity contribution in [2.75, 3.05) is 0 Å². The van der Waals surface area contributed by atoms with Crippen LogP contribution in [0.15, 0.2) is 71.8 Å². The quantitative estimate of drug-likeness (QED) is 0.530. The molecule has 1 aliphatic carbocycles. The van der Waals surface area contributed by atoms with Crippen LogP contribution >= 0.6 is 0 Å². The maximum absolute atomic E-state index is 13.1. The van der Waals surface area contributed by atoms with Crippen LogP contribution in [-0.4, -0.2) is 30.6 Å². The number of aromatic nitrogens is 2. The van der Waals surface area contributed by atoms with Gasteiger partial charge < -0.3 is 5.32 Å². The van der Waals surface area contributed by atoms with Crippen LogP contribution in [0.3, 0.4) is 0 Å². The van der Waals surface area contributed by atoms with Crippen LogP contribution in [0.25, 0.3) is 11.3 Å². The van der Waals surface area contributed by atoms with Crippen molar-refractivity contribution in [3.05, 3.63) is 78.2 Å². The molecule has 1 saturated carbocycles. The number of halogens is 1. The maximum atomic E-state index is 13.1. The number of benzene rings is 2. The smallest absolute Gasteiger partial charge is 0.240 e. The molecule has 3 aromatic rings. The van der Waals surface area contributed by atoms with Crippen LogP contribution < -0.4 is 10.0 Å². The monoisotopic (exact) mass is 482 g/mol. The van der Waals surface area contributed by atoms with Crippen molar-refractivity contribution in [2.45, 2.75) is 49.6 Å². The number of hydrogen-bond donors (Lipinski definition) is 2. The molecular formula is C25H27FN4O3S. The van der Waals surface area contributed by atoms with Crippen LogP contribution in [-0.2, 0) is 14.8 Å². The zero-order valence-electron chi connectivity index (χ0n) is 18.8. The Kier molecular flexibility index (Phi) is 7.33. The van der Waals surface area contributed by atoms with Gasteiger partial charge >= 0.3 is 0 Å². The van der Waals surface area contributed by atoms with Gasteiger partial charge in [-0.2, -0.15) is 10.2 Å². The topological polar surface area (TPSA) is 101 Å². The lowest BCUT2D eigenvalue weighted by atomic mass is 9.85. The number of hydrogen-bond acceptors (Lipinski definition) is 5. The summed E-state index contributed by atoms with van der Waals surface area (Å²) in [6.07, 6.45) is 3.94. The van der Waals surface area contributed by atoms with Crippen LogP contribution in [0.5, 0.6) is 0 Å². The minimum Gasteiger partial charge on any atom is -0.349 e. The lowest BCUT2D eigenvalue weighted by Gasteiger charge is -2.29. The van der Waals surface area contributed by atoms with E-state index in [4.69, 9.17) is 0 Å². The van der Waals surface area contributed by atoms with Gasteiger partial charge in [0.15, 0.2) is 0 Å². The first-order valence-electron chi connectivity index (χ1n) is 11.3. The highest BCUT2D eigenvalue weighted by molar-refractivity contribution is 7.89. The predicted octanol–water partition coefficient (Wildman–Crippen LogP) is 4.00. The molecule has 0 spiro atoms. The van der Waals surface area contributed by atoms with Gasteiger partial charge in [0.1, 0.15) is 5.82 Å². The van der Waals surface area contributed by atoms with Crippen molar-refractivity contribution < 1.29 is 17.6 Å². The van der Waals surface area contributed by atoms with Crippen LogP contribution in [0, 0.1) is 11.7 Å². The fourth-order valence-corrected chi connectivity index (χ4v) is 5.49. The summed E-state index contributed by atoms with van der Waals surface area (Å²) in [6.45, 7) is 1.86. The third-order valence-corrected chi connectivity index (χ3v) is 7.72. The Morgan fingerprint density at radius 1 is 1.00 bits per heavy atom. The molecule has 1 aromatic heterocycles.